The van der Waals surface area contributed by atoms with Gasteiger partial charge in [-0.15, -0.1) is 0 Å². The zero-order chi connectivity index (χ0) is 9.30. The molecule has 1 aliphatic rings. The lowest BCUT2D eigenvalue weighted by atomic mass is 10.0. The van der Waals surface area contributed by atoms with Gasteiger partial charge in [0.15, 0.2) is 12.4 Å². The Hall–Kier alpha value is -0.690. The summed E-state index contributed by atoms with van der Waals surface area (Å²) in [5.41, 5.74) is 0. The summed E-state index contributed by atoms with van der Waals surface area (Å²) in [7, 11) is 0. The van der Waals surface area contributed by atoms with E-state index >= 15 is 0 Å². The molecule has 12 heavy (non-hydrogen) atoms. The zero-order valence-electron chi connectivity index (χ0n) is 6.12. The van der Waals surface area contributed by atoms with E-state index in [1.165, 1.54) is 0 Å². The van der Waals surface area contributed by atoms with Gasteiger partial charge in [0.25, 0.3) is 0 Å². The predicted molar refractivity (Wildman–Crippen MR) is 35.1 cm³/mol. The number of carboxylic acid groups (broad SMARTS) is 1. The largest absolute Gasteiger partial charge is 0.479 e. The van der Waals surface area contributed by atoms with Crippen molar-refractivity contribution in [3.63, 3.8) is 0 Å². The Morgan fingerprint density at radius 3 is 2.33 bits per heavy atom. The number of aliphatic hydroxyl groups excluding tert-OH is 3. The van der Waals surface area contributed by atoms with E-state index in [0.29, 0.717) is 0 Å². The Balaban J connectivity index is 2.61. The molecule has 0 aliphatic carbocycles. The van der Waals surface area contributed by atoms with Gasteiger partial charge in [0.05, 0.1) is 6.10 Å². The molecular weight excluding hydrogens is 168 g/mol. The van der Waals surface area contributed by atoms with Crippen LogP contribution in [0.5, 0.6) is 0 Å². The van der Waals surface area contributed by atoms with Crippen molar-refractivity contribution < 1.29 is 30.0 Å². The van der Waals surface area contributed by atoms with Crippen molar-refractivity contribution in [2.24, 2.45) is 0 Å². The maximum atomic E-state index is 10.3. The average Bonchev–Trinajstić information content (AvgIpc) is 1.96. The lowest BCUT2D eigenvalue weighted by Gasteiger charge is -2.31. The fourth-order valence-electron chi connectivity index (χ4n) is 1.04. The average molecular weight is 178 g/mol. The van der Waals surface area contributed by atoms with Gasteiger partial charge in [-0.05, 0) is 0 Å². The Morgan fingerprint density at radius 2 is 1.83 bits per heavy atom. The number of aliphatic carboxylic acids is 1. The Labute approximate surface area is 68.0 Å². The highest BCUT2D eigenvalue weighted by atomic mass is 16.6. The molecule has 0 bridgehead atoms. The second-order valence-electron chi connectivity index (χ2n) is 2.66. The summed E-state index contributed by atoms with van der Waals surface area (Å²) in [6.07, 6.45) is -5.69. The first-order valence-corrected chi connectivity index (χ1v) is 3.45. The highest BCUT2D eigenvalue weighted by Gasteiger charge is 2.39. The predicted octanol–water partition coefficient (Wildman–Crippen LogP) is -2.10. The van der Waals surface area contributed by atoms with Gasteiger partial charge in [-0.3, -0.25) is 0 Å². The van der Waals surface area contributed by atoms with Crippen LogP contribution in [-0.4, -0.2) is 51.0 Å². The van der Waals surface area contributed by atoms with Crippen LogP contribution in [-0.2, 0) is 9.53 Å². The molecule has 1 fully saturated rings. The SMILES string of the molecule is O=C(O)[C@H]1O[C@@H](O)[C@H](O)C[C@@H]1O. The summed E-state index contributed by atoms with van der Waals surface area (Å²) in [5.74, 6) is -1.35. The smallest absolute Gasteiger partial charge is 0.335 e. The molecule has 0 radical (unpaired) electrons. The molecule has 70 valence electrons. The van der Waals surface area contributed by atoms with Crippen molar-refractivity contribution in [3.05, 3.63) is 0 Å². The van der Waals surface area contributed by atoms with Crippen molar-refractivity contribution in [1.29, 1.82) is 0 Å². The second kappa shape index (κ2) is 3.36. The van der Waals surface area contributed by atoms with Crippen molar-refractivity contribution in [2.75, 3.05) is 0 Å². The fraction of sp³-hybridized carbons (Fsp3) is 0.833. The highest BCUT2D eigenvalue weighted by molar-refractivity contribution is 5.73. The molecule has 0 spiro atoms. The molecule has 0 amide bonds. The fourth-order valence-corrected chi connectivity index (χ4v) is 1.04. The van der Waals surface area contributed by atoms with Crippen LogP contribution in [0.25, 0.3) is 0 Å². The molecule has 1 saturated heterocycles. The molecular formula is C6H10O6. The molecule has 0 aromatic carbocycles. The van der Waals surface area contributed by atoms with Crippen LogP contribution in [0.2, 0.25) is 0 Å². The molecule has 4 atom stereocenters. The second-order valence-corrected chi connectivity index (χ2v) is 2.66. The first-order chi connectivity index (χ1) is 5.52. The van der Waals surface area contributed by atoms with Crippen LogP contribution in [0, 0.1) is 0 Å². The van der Waals surface area contributed by atoms with Gasteiger partial charge in [-0.2, -0.15) is 0 Å². The van der Waals surface area contributed by atoms with Crippen LogP contribution in [0.4, 0.5) is 0 Å². The Morgan fingerprint density at radius 1 is 1.25 bits per heavy atom. The summed E-state index contributed by atoms with van der Waals surface area (Å²) in [4.78, 5) is 10.3. The maximum Gasteiger partial charge on any atom is 0.335 e. The molecule has 0 saturated carbocycles. The normalized spacial score (nSPS) is 42.6. The van der Waals surface area contributed by atoms with Gasteiger partial charge < -0.3 is 25.2 Å². The first-order valence-electron chi connectivity index (χ1n) is 3.45. The van der Waals surface area contributed by atoms with Crippen molar-refractivity contribution in [3.8, 4) is 0 Å². The van der Waals surface area contributed by atoms with Gasteiger partial charge in [-0.25, -0.2) is 4.79 Å². The lowest BCUT2D eigenvalue weighted by molar-refractivity contribution is -0.247. The number of aliphatic hydroxyl groups is 3. The van der Waals surface area contributed by atoms with E-state index in [2.05, 4.69) is 4.74 Å². The number of rotatable bonds is 1. The number of hydrogen-bond acceptors (Lipinski definition) is 5. The van der Waals surface area contributed by atoms with E-state index in [4.69, 9.17) is 20.4 Å². The summed E-state index contributed by atoms with van der Waals surface area (Å²) in [5, 5.41) is 35.3. The molecule has 6 nitrogen and oxygen atoms in total. The number of hydrogen-bond donors (Lipinski definition) is 4. The molecule has 0 aromatic rings. The summed E-state index contributed by atoms with van der Waals surface area (Å²) >= 11 is 0. The van der Waals surface area contributed by atoms with Crippen molar-refractivity contribution in [2.45, 2.75) is 31.0 Å². The van der Waals surface area contributed by atoms with Gasteiger partial charge in [0, 0.05) is 6.42 Å². The third kappa shape index (κ3) is 1.72. The number of ether oxygens (including phenoxy) is 1. The van der Waals surface area contributed by atoms with Gasteiger partial charge in [0.1, 0.15) is 6.10 Å². The van der Waals surface area contributed by atoms with E-state index in [1.54, 1.807) is 0 Å². The van der Waals surface area contributed by atoms with Gasteiger partial charge in [0.2, 0.25) is 0 Å². The maximum absolute atomic E-state index is 10.3. The highest BCUT2D eigenvalue weighted by Crippen LogP contribution is 2.18. The van der Waals surface area contributed by atoms with Crippen LogP contribution < -0.4 is 0 Å². The van der Waals surface area contributed by atoms with Crippen LogP contribution in [0.1, 0.15) is 6.42 Å². The van der Waals surface area contributed by atoms with E-state index in [0.717, 1.165) is 0 Å². The van der Waals surface area contributed by atoms with Crippen molar-refractivity contribution in [1.82, 2.24) is 0 Å². The summed E-state index contributed by atoms with van der Waals surface area (Å²) in [6.45, 7) is 0. The van der Waals surface area contributed by atoms with Gasteiger partial charge >= 0.3 is 5.97 Å². The van der Waals surface area contributed by atoms with Crippen LogP contribution in [0.3, 0.4) is 0 Å². The lowest BCUT2D eigenvalue weighted by Crippen LogP contribution is -2.50. The number of carboxylic acids is 1. The topological polar surface area (TPSA) is 107 Å². The minimum atomic E-state index is -1.53. The minimum Gasteiger partial charge on any atom is -0.479 e. The molecule has 1 rings (SSSR count). The standard InChI is InChI=1S/C6H10O6/c7-2-1-3(8)6(11)12-4(2)5(9)10/h2-4,6-8,11H,1H2,(H,9,10)/t2-,3+,4-,6+/m0/s1. The molecule has 0 aromatic heterocycles. The zero-order valence-corrected chi connectivity index (χ0v) is 6.12. The van der Waals surface area contributed by atoms with E-state index in [1.807, 2.05) is 0 Å². The third-order valence-electron chi connectivity index (χ3n) is 1.69. The molecule has 0 unspecified atom stereocenters. The monoisotopic (exact) mass is 178 g/mol. The summed E-state index contributed by atoms with van der Waals surface area (Å²) in [6, 6.07) is 0. The van der Waals surface area contributed by atoms with Crippen LogP contribution in [0.15, 0.2) is 0 Å². The molecule has 1 aliphatic heterocycles. The Kier molecular flexibility index (Phi) is 2.63. The number of carbonyl (C=O) groups is 1. The van der Waals surface area contributed by atoms with Crippen LogP contribution >= 0.6 is 0 Å². The Bertz CT molecular complexity index is 181. The third-order valence-corrected chi connectivity index (χ3v) is 1.69. The minimum absolute atomic E-state index is 0.196. The van der Waals surface area contributed by atoms with Gasteiger partial charge in [-0.1, -0.05) is 0 Å². The van der Waals surface area contributed by atoms with Crippen molar-refractivity contribution >= 4 is 5.97 Å². The molecule has 1 heterocycles. The molecule has 6 heteroatoms. The summed E-state index contributed by atoms with van der Waals surface area (Å²) < 4.78 is 4.43. The first kappa shape index (κ1) is 9.40. The van der Waals surface area contributed by atoms with E-state index in [-0.39, 0.29) is 6.42 Å². The quantitative estimate of drug-likeness (QED) is 0.366. The van der Waals surface area contributed by atoms with E-state index in [9.17, 15) is 4.79 Å². The van der Waals surface area contributed by atoms with E-state index < -0.39 is 30.6 Å². The molecule has 4 N–H and O–H groups in total.